The third-order valence-electron chi connectivity index (χ3n) is 3.60. The monoisotopic (exact) mass is 239 g/mol. The molecule has 1 aromatic rings. The first-order chi connectivity index (χ1) is 8.20. The van der Waals surface area contributed by atoms with Crippen LogP contribution in [-0.2, 0) is 16.7 Å². The maximum absolute atomic E-state index is 5.41. The molecular weight excluding hydrogens is 218 g/mol. The zero-order valence-electron chi connectivity index (χ0n) is 10.8. The zero-order chi connectivity index (χ0) is 12.3. The van der Waals surface area contributed by atoms with Crippen LogP contribution < -0.4 is 5.32 Å². The normalized spacial score (nSPS) is 26.3. The molecule has 2 heterocycles. The van der Waals surface area contributed by atoms with Crippen molar-refractivity contribution in [1.29, 1.82) is 0 Å². The Morgan fingerprint density at radius 2 is 2.41 bits per heavy atom. The molecule has 0 amide bonds. The van der Waals surface area contributed by atoms with E-state index in [4.69, 9.17) is 9.26 Å². The Morgan fingerprint density at radius 3 is 3.00 bits per heavy atom. The Hall–Kier alpha value is -0.940. The Morgan fingerprint density at radius 1 is 1.59 bits per heavy atom. The van der Waals surface area contributed by atoms with Crippen molar-refractivity contribution in [2.24, 2.45) is 0 Å². The number of rotatable bonds is 5. The molecule has 1 aliphatic rings. The molecule has 2 rings (SSSR count). The van der Waals surface area contributed by atoms with Crippen molar-refractivity contribution in [3.8, 4) is 0 Å². The van der Waals surface area contributed by atoms with E-state index in [1.165, 1.54) is 6.42 Å². The van der Waals surface area contributed by atoms with Crippen LogP contribution in [-0.4, -0.2) is 29.9 Å². The molecule has 1 aliphatic heterocycles. The van der Waals surface area contributed by atoms with Gasteiger partial charge in [0.2, 0.25) is 5.89 Å². The largest absolute Gasteiger partial charge is 0.381 e. The highest BCUT2D eigenvalue weighted by molar-refractivity contribution is 5.06. The van der Waals surface area contributed by atoms with Gasteiger partial charge in [-0.25, -0.2) is 0 Å². The molecule has 17 heavy (non-hydrogen) atoms. The summed E-state index contributed by atoms with van der Waals surface area (Å²) in [5.74, 6) is 1.46. The van der Waals surface area contributed by atoms with Gasteiger partial charge in [0.1, 0.15) is 0 Å². The lowest BCUT2D eigenvalue weighted by atomic mass is 9.94. The number of ether oxygens (including phenoxy) is 1. The summed E-state index contributed by atoms with van der Waals surface area (Å²) < 4.78 is 10.6. The van der Waals surface area contributed by atoms with E-state index in [0.29, 0.717) is 6.42 Å². The Labute approximate surface area is 102 Å². The molecule has 96 valence electrons. The van der Waals surface area contributed by atoms with E-state index >= 15 is 0 Å². The molecule has 0 aliphatic carbocycles. The van der Waals surface area contributed by atoms with Gasteiger partial charge in [-0.05, 0) is 32.7 Å². The van der Waals surface area contributed by atoms with Gasteiger partial charge >= 0.3 is 0 Å². The van der Waals surface area contributed by atoms with Gasteiger partial charge in [0, 0.05) is 13.5 Å². The van der Waals surface area contributed by atoms with Gasteiger partial charge in [-0.1, -0.05) is 12.1 Å². The van der Waals surface area contributed by atoms with Gasteiger partial charge in [-0.3, -0.25) is 0 Å². The van der Waals surface area contributed by atoms with E-state index in [1.807, 2.05) is 6.92 Å². The van der Waals surface area contributed by atoms with E-state index in [9.17, 15) is 0 Å². The first kappa shape index (κ1) is 12.5. The highest BCUT2D eigenvalue weighted by Gasteiger charge is 2.38. The smallest absolute Gasteiger partial charge is 0.246 e. The lowest BCUT2D eigenvalue weighted by Gasteiger charge is -2.22. The molecule has 0 bridgehead atoms. The highest BCUT2D eigenvalue weighted by Crippen LogP contribution is 2.32. The number of hydrogen-bond donors (Lipinski definition) is 1. The summed E-state index contributed by atoms with van der Waals surface area (Å²) in [6, 6.07) is 0. The van der Waals surface area contributed by atoms with Crippen LogP contribution in [0.4, 0.5) is 0 Å². The maximum Gasteiger partial charge on any atom is 0.246 e. The minimum absolute atomic E-state index is 0.0957. The average molecular weight is 239 g/mol. The topological polar surface area (TPSA) is 60.2 Å². The van der Waals surface area contributed by atoms with Gasteiger partial charge < -0.3 is 14.6 Å². The molecule has 0 radical (unpaired) electrons. The summed E-state index contributed by atoms with van der Waals surface area (Å²) in [7, 11) is 1.69. The molecular formula is C12H21N3O2. The summed E-state index contributed by atoms with van der Waals surface area (Å²) in [5, 5.41) is 7.52. The number of methoxy groups -OCH3 is 1. The van der Waals surface area contributed by atoms with Crippen LogP contribution in [0.3, 0.4) is 0 Å². The fourth-order valence-corrected chi connectivity index (χ4v) is 2.31. The van der Waals surface area contributed by atoms with E-state index in [2.05, 4.69) is 22.4 Å². The van der Waals surface area contributed by atoms with E-state index in [1.54, 1.807) is 7.11 Å². The second-order valence-electron chi connectivity index (χ2n) is 4.73. The van der Waals surface area contributed by atoms with Crippen LogP contribution in [0.1, 0.15) is 44.8 Å². The first-order valence-electron chi connectivity index (χ1n) is 6.31. The lowest BCUT2D eigenvalue weighted by molar-refractivity contribution is 0.116. The Balaban J connectivity index is 2.11. The minimum Gasteiger partial charge on any atom is -0.381 e. The standard InChI is InChI=1S/C12H21N3O2/c1-4-12(6-5-7-13-12)11-14-10(15-17-11)8-9(2)16-3/h9,13H,4-8H2,1-3H3. The minimum atomic E-state index is -0.0957. The van der Waals surface area contributed by atoms with Crippen molar-refractivity contribution < 1.29 is 9.26 Å². The molecule has 2 unspecified atom stereocenters. The van der Waals surface area contributed by atoms with Crippen LogP contribution in [0.25, 0.3) is 0 Å². The van der Waals surface area contributed by atoms with Crippen LogP contribution in [0.5, 0.6) is 0 Å². The van der Waals surface area contributed by atoms with Gasteiger partial charge in [0.15, 0.2) is 5.82 Å². The van der Waals surface area contributed by atoms with Gasteiger partial charge in [-0.15, -0.1) is 0 Å². The molecule has 1 aromatic heterocycles. The van der Waals surface area contributed by atoms with E-state index in [0.717, 1.165) is 31.1 Å². The molecule has 0 saturated carbocycles. The molecule has 5 nitrogen and oxygen atoms in total. The zero-order valence-corrected chi connectivity index (χ0v) is 10.8. The van der Waals surface area contributed by atoms with Crippen LogP contribution in [0.15, 0.2) is 4.52 Å². The van der Waals surface area contributed by atoms with Crippen molar-refractivity contribution in [1.82, 2.24) is 15.5 Å². The molecule has 0 spiro atoms. The second-order valence-corrected chi connectivity index (χ2v) is 4.73. The highest BCUT2D eigenvalue weighted by atomic mass is 16.5. The summed E-state index contributed by atoms with van der Waals surface area (Å²) in [6.07, 6.45) is 4.04. The second kappa shape index (κ2) is 5.14. The van der Waals surface area contributed by atoms with Crippen molar-refractivity contribution >= 4 is 0 Å². The fraction of sp³-hybridized carbons (Fsp3) is 0.833. The van der Waals surface area contributed by atoms with Crippen LogP contribution >= 0.6 is 0 Å². The lowest BCUT2D eigenvalue weighted by Crippen LogP contribution is -2.36. The molecule has 1 N–H and O–H groups in total. The number of nitrogens with one attached hydrogen (secondary N) is 1. The van der Waals surface area contributed by atoms with Gasteiger partial charge in [0.05, 0.1) is 11.6 Å². The van der Waals surface area contributed by atoms with Gasteiger partial charge in [-0.2, -0.15) is 4.98 Å². The predicted octanol–water partition coefficient (Wildman–Crippen LogP) is 1.64. The van der Waals surface area contributed by atoms with E-state index in [-0.39, 0.29) is 11.6 Å². The van der Waals surface area contributed by atoms with Crippen molar-refractivity contribution in [3.63, 3.8) is 0 Å². The van der Waals surface area contributed by atoms with E-state index < -0.39 is 0 Å². The summed E-state index contributed by atoms with van der Waals surface area (Å²) in [5.41, 5.74) is -0.0957. The average Bonchev–Trinajstić information content (AvgIpc) is 2.97. The Bertz CT molecular complexity index is 358. The third-order valence-corrected chi connectivity index (χ3v) is 3.60. The molecule has 5 heteroatoms. The SMILES string of the molecule is CCC1(c2nc(CC(C)OC)no2)CCCN1. The van der Waals surface area contributed by atoms with Crippen LogP contribution in [0.2, 0.25) is 0 Å². The fourth-order valence-electron chi connectivity index (χ4n) is 2.31. The van der Waals surface area contributed by atoms with Crippen molar-refractivity contribution in [3.05, 3.63) is 11.7 Å². The summed E-state index contributed by atoms with van der Waals surface area (Å²) >= 11 is 0. The Kier molecular flexibility index (Phi) is 3.79. The first-order valence-corrected chi connectivity index (χ1v) is 6.31. The molecule has 1 saturated heterocycles. The molecule has 2 atom stereocenters. The molecule has 0 aromatic carbocycles. The number of aromatic nitrogens is 2. The molecule has 1 fully saturated rings. The van der Waals surface area contributed by atoms with Crippen LogP contribution in [0, 0.1) is 0 Å². The number of nitrogens with zero attached hydrogens (tertiary/aromatic N) is 2. The number of hydrogen-bond acceptors (Lipinski definition) is 5. The van der Waals surface area contributed by atoms with Gasteiger partial charge in [0.25, 0.3) is 0 Å². The summed E-state index contributed by atoms with van der Waals surface area (Å²) in [4.78, 5) is 4.50. The maximum atomic E-state index is 5.41. The quantitative estimate of drug-likeness (QED) is 0.846. The summed E-state index contributed by atoms with van der Waals surface area (Å²) in [6.45, 7) is 5.18. The predicted molar refractivity (Wildman–Crippen MR) is 63.7 cm³/mol. The third kappa shape index (κ3) is 2.50. The van der Waals surface area contributed by atoms with Crippen molar-refractivity contribution in [2.45, 2.75) is 51.2 Å². The van der Waals surface area contributed by atoms with Crippen molar-refractivity contribution in [2.75, 3.05) is 13.7 Å².